The lowest BCUT2D eigenvalue weighted by atomic mass is 9.73. The quantitative estimate of drug-likeness (QED) is 0.524. The molecule has 29 heavy (non-hydrogen) atoms. The van der Waals surface area contributed by atoms with Gasteiger partial charge in [0, 0.05) is 17.0 Å². The number of hydrogen-bond acceptors (Lipinski definition) is 5. The van der Waals surface area contributed by atoms with Crippen molar-refractivity contribution in [2.45, 2.75) is 38.8 Å². The number of halogens is 1. The molecule has 0 bridgehead atoms. The topological polar surface area (TPSA) is 76.8 Å². The van der Waals surface area contributed by atoms with Crippen molar-refractivity contribution in [3.05, 3.63) is 86.6 Å². The molecule has 2 aromatic rings. The van der Waals surface area contributed by atoms with Crippen molar-refractivity contribution in [1.82, 2.24) is 0 Å². The summed E-state index contributed by atoms with van der Waals surface area (Å²) >= 11 is 6.03. The second kappa shape index (κ2) is 7.52. The highest BCUT2D eigenvalue weighted by atomic mass is 35.5. The van der Waals surface area contributed by atoms with Crippen LogP contribution >= 0.6 is 11.6 Å². The third-order valence-corrected chi connectivity index (χ3v) is 5.54. The zero-order chi connectivity index (χ0) is 20.6. The molecule has 0 spiro atoms. The Balaban J connectivity index is 1.78. The van der Waals surface area contributed by atoms with Crippen LogP contribution in [0, 0.1) is 15.5 Å². The molecule has 150 valence electrons. The number of benzene rings is 2. The number of nitrogens with zero attached hydrogens (tertiary/aromatic N) is 2. The van der Waals surface area contributed by atoms with E-state index in [1.165, 1.54) is 0 Å². The first-order valence-corrected chi connectivity index (χ1v) is 9.88. The minimum atomic E-state index is -1.17. The number of hydrazone groups is 1. The Morgan fingerprint density at radius 1 is 1.14 bits per heavy atom. The zero-order valence-corrected chi connectivity index (χ0v) is 17.0. The van der Waals surface area contributed by atoms with Gasteiger partial charge < -0.3 is 4.74 Å². The smallest absolute Gasteiger partial charge is 0.364 e. The van der Waals surface area contributed by atoms with Gasteiger partial charge in [0.1, 0.15) is 11.7 Å². The van der Waals surface area contributed by atoms with E-state index >= 15 is 0 Å². The van der Waals surface area contributed by atoms with Crippen LogP contribution in [-0.2, 0) is 4.74 Å². The maximum Gasteiger partial charge on any atom is 0.364 e. The van der Waals surface area contributed by atoms with Crippen LogP contribution in [0.15, 0.2) is 71.0 Å². The van der Waals surface area contributed by atoms with Crippen molar-refractivity contribution in [2.75, 3.05) is 5.43 Å². The van der Waals surface area contributed by atoms with Gasteiger partial charge in [0.25, 0.3) is 0 Å². The van der Waals surface area contributed by atoms with Gasteiger partial charge in [-0.1, -0.05) is 55.8 Å². The van der Waals surface area contributed by atoms with E-state index in [9.17, 15) is 10.1 Å². The molecule has 2 aliphatic rings. The fraction of sp³-hybridized carbons (Fsp3) is 0.318. The van der Waals surface area contributed by atoms with Crippen molar-refractivity contribution in [3.8, 4) is 0 Å². The summed E-state index contributed by atoms with van der Waals surface area (Å²) in [6.07, 6.45) is 0.169. The number of nitro groups is 1. The standard InChI is InChI=1S/C22H22ClN3O3/c1-22(2)12-17(25-24-16-6-4-3-5-7-16)20-18(13-22)29-21(26(27)28)19(20)14-8-10-15(23)11-9-14/h3-11,19,21,24H,12-13H2,1-2H3/b25-17-. The van der Waals surface area contributed by atoms with E-state index in [-0.39, 0.29) is 10.3 Å². The van der Waals surface area contributed by atoms with Crippen LogP contribution < -0.4 is 5.43 Å². The van der Waals surface area contributed by atoms with E-state index in [4.69, 9.17) is 16.3 Å². The van der Waals surface area contributed by atoms with Crippen molar-refractivity contribution >= 4 is 23.0 Å². The highest BCUT2D eigenvalue weighted by Crippen LogP contribution is 2.49. The summed E-state index contributed by atoms with van der Waals surface area (Å²) in [4.78, 5) is 11.5. The monoisotopic (exact) mass is 411 g/mol. The van der Waals surface area contributed by atoms with Crippen molar-refractivity contribution in [1.29, 1.82) is 0 Å². The van der Waals surface area contributed by atoms with E-state index in [2.05, 4.69) is 24.4 Å². The van der Waals surface area contributed by atoms with E-state index in [0.717, 1.165) is 22.5 Å². The second-order valence-electron chi connectivity index (χ2n) is 8.21. The summed E-state index contributed by atoms with van der Waals surface area (Å²) in [5.41, 5.74) is 6.26. The summed E-state index contributed by atoms with van der Waals surface area (Å²) in [5, 5.41) is 17.1. The molecule has 6 nitrogen and oxygen atoms in total. The van der Waals surface area contributed by atoms with Gasteiger partial charge in [0.05, 0.1) is 16.3 Å². The zero-order valence-electron chi connectivity index (χ0n) is 16.3. The van der Waals surface area contributed by atoms with Gasteiger partial charge in [-0.3, -0.25) is 15.5 Å². The van der Waals surface area contributed by atoms with Crippen molar-refractivity contribution < 1.29 is 9.66 Å². The normalized spacial score (nSPS) is 24.2. The van der Waals surface area contributed by atoms with Crippen LogP contribution in [0.4, 0.5) is 5.69 Å². The molecule has 0 saturated carbocycles. The first-order valence-electron chi connectivity index (χ1n) is 9.51. The third-order valence-electron chi connectivity index (χ3n) is 5.29. The Morgan fingerprint density at radius 3 is 2.48 bits per heavy atom. The molecular formula is C22H22ClN3O3. The number of nitrogens with one attached hydrogen (secondary N) is 1. The lowest BCUT2D eigenvalue weighted by Gasteiger charge is -2.31. The Labute approximate surface area is 174 Å². The predicted octanol–water partition coefficient (Wildman–Crippen LogP) is 5.60. The third kappa shape index (κ3) is 3.98. The fourth-order valence-electron chi connectivity index (χ4n) is 4.03. The molecule has 2 atom stereocenters. The molecule has 0 fully saturated rings. The summed E-state index contributed by atoms with van der Waals surface area (Å²) in [7, 11) is 0. The molecule has 2 aromatic carbocycles. The molecule has 0 amide bonds. The molecule has 1 aliphatic carbocycles. The van der Waals surface area contributed by atoms with E-state index in [1.807, 2.05) is 42.5 Å². The van der Waals surface area contributed by atoms with Crippen LogP contribution in [0.5, 0.6) is 0 Å². The highest BCUT2D eigenvalue weighted by Gasteiger charge is 2.50. The van der Waals surface area contributed by atoms with Gasteiger partial charge >= 0.3 is 6.23 Å². The maximum atomic E-state index is 11.8. The molecule has 1 aliphatic heterocycles. The van der Waals surface area contributed by atoms with Gasteiger partial charge in [-0.2, -0.15) is 5.10 Å². The summed E-state index contributed by atoms with van der Waals surface area (Å²) < 4.78 is 5.88. The summed E-state index contributed by atoms with van der Waals surface area (Å²) in [6.45, 7) is 4.24. The van der Waals surface area contributed by atoms with E-state index in [1.54, 1.807) is 12.1 Å². The number of ether oxygens (including phenoxy) is 1. The van der Waals surface area contributed by atoms with Gasteiger partial charge in [0.15, 0.2) is 0 Å². The minimum absolute atomic E-state index is 0.105. The number of anilines is 1. The largest absolute Gasteiger partial charge is 0.433 e. The molecule has 1 N–H and O–H groups in total. The van der Waals surface area contributed by atoms with E-state index < -0.39 is 12.1 Å². The molecule has 0 aromatic heterocycles. The first kappa shape index (κ1) is 19.5. The number of hydrogen-bond donors (Lipinski definition) is 1. The molecular weight excluding hydrogens is 390 g/mol. The van der Waals surface area contributed by atoms with Crippen LogP contribution in [0.2, 0.25) is 5.02 Å². The maximum absolute atomic E-state index is 11.8. The Bertz CT molecular complexity index is 984. The molecule has 0 radical (unpaired) electrons. The summed E-state index contributed by atoms with van der Waals surface area (Å²) in [6, 6.07) is 16.8. The van der Waals surface area contributed by atoms with Gasteiger partial charge in [-0.05, 0) is 41.7 Å². The van der Waals surface area contributed by atoms with Crippen LogP contribution in [0.3, 0.4) is 0 Å². The van der Waals surface area contributed by atoms with Gasteiger partial charge in [-0.25, -0.2) is 0 Å². The molecule has 7 heteroatoms. The predicted molar refractivity (Wildman–Crippen MR) is 114 cm³/mol. The number of para-hydroxylation sites is 1. The summed E-state index contributed by atoms with van der Waals surface area (Å²) in [5.74, 6) is 0.140. The Morgan fingerprint density at radius 2 is 1.83 bits per heavy atom. The first-order chi connectivity index (χ1) is 13.8. The fourth-order valence-corrected chi connectivity index (χ4v) is 4.15. The minimum Gasteiger partial charge on any atom is -0.433 e. The number of allylic oxidation sites excluding steroid dienone is 1. The molecule has 0 saturated heterocycles. The average Bonchev–Trinajstić information content (AvgIpc) is 3.06. The molecule has 1 heterocycles. The van der Waals surface area contributed by atoms with Crippen LogP contribution in [-0.4, -0.2) is 16.9 Å². The number of rotatable bonds is 4. The Hall–Kier alpha value is -2.86. The highest BCUT2D eigenvalue weighted by molar-refractivity contribution is 6.30. The molecule has 2 unspecified atom stereocenters. The van der Waals surface area contributed by atoms with Crippen molar-refractivity contribution in [2.24, 2.45) is 10.5 Å². The lowest BCUT2D eigenvalue weighted by molar-refractivity contribution is -0.570. The SMILES string of the molecule is CC1(C)CC2=C(/C(=N\Nc3ccccc3)C1)C(c1ccc(Cl)cc1)C([N+](=O)[O-])O2. The average molecular weight is 412 g/mol. The van der Waals surface area contributed by atoms with Crippen LogP contribution in [0.25, 0.3) is 0 Å². The van der Waals surface area contributed by atoms with Crippen LogP contribution in [0.1, 0.15) is 38.2 Å². The van der Waals surface area contributed by atoms with Gasteiger partial charge in [0.2, 0.25) is 0 Å². The van der Waals surface area contributed by atoms with Crippen molar-refractivity contribution in [3.63, 3.8) is 0 Å². The lowest BCUT2D eigenvalue weighted by Crippen LogP contribution is -2.29. The Kier molecular flexibility index (Phi) is 5.04. The molecule has 4 rings (SSSR count). The second-order valence-corrected chi connectivity index (χ2v) is 8.65. The van der Waals surface area contributed by atoms with E-state index in [0.29, 0.717) is 23.6 Å². The van der Waals surface area contributed by atoms with Gasteiger partial charge in [-0.15, -0.1) is 0 Å².